The molecule has 6 heteroatoms. The summed E-state index contributed by atoms with van der Waals surface area (Å²) in [6.07, 6.45) is 6.95. The van der Waals surface area contributed by atoms with Crippen LogP contribution >= 0.6 is 0 Å². The summed E-state index contributed by atoms with van der Waals surface area (Å²) in [5.74, 6) is 0. The molecule has 0 aliphatic rings. The normalized spacial score (nSPS) is 10.9. The van der Waals surface area contributed by atoms with Crippen molar-refractivity contribution >= 4 is 11.8 Å². The molecule has 0 unspecified atom stereocenters. The first-order chi connectivity index (χ1) is 8.72. The van der Waals surface area contributed by atoms with Crippen molar-refractivity contribution in [3.63, 3.8) is 0 Å². The van der Waals surface area contributed by atoms with E-state index in [0.717, 1.165) is 5.56 Å². The van der Waals surface area contributed by atoms with Crippen LogP contribution in [-0.4, -0.2) is 21.2 Å². The second-order valence-corrected chi connectivity index (χ2v) is 3.60. The van der Waals surface area contributed by atoms with Gasteiger partial charge in [-0.1, -0.05) is 24.3 Å². The Hall–Kier alpha value is -2.47. The van der Waals surface area contributed by atoms with Crippen molar-refractivity contribution in [2.45, 2.75) is 0 Å². The Kier molecular flexibility index (Phi) is 3.49. The fraction of sp³-hybridized carbons (Fsp3) is 0.0833. The third-order valence-corrected chi connectivity index (χ3v) is 2.37. The van der Waals surface area contributed by atoms with Gasteiger partial charge in [0, 0.05) is 24.4 Å². The van der Waals surface area contributed by atoms with Crippen molar-refractivity contribution in [2.75, 3.05) is 6.54 Å². The van der Waals surface area contributed by atoms with Crippen LogP contribution in [0.4, 0.5) is 5.69 Å². The van der Waals surface area contributed by atoms with Gasteiger partial charge in [0.1, 0.15) is 5.69 Å². The topological polar surface area (TPSA) is 87.0 Å². The molecule has 0 saturated heterocycles. The zero-order chi connectivity index (χ0) is 13.0. The van der Waals surface area contributed by atoms with Crippen LogP contribution in [0.15, 0.2) is 42.7 Å². The van der Waals surface area contributed by atoms with Crippen LogP contribution in [0, 0.1) is 10.1 Å². The largest absolute Gasteiger partial charge is 0.327 e. The molecule has 6 nitrogen and oxygen atoms in total. The highest BCUT2D eigenvalue weighted by atomic mass is 16.6. The average molecular weight is 244 g/mol. The van der Waals surface area contributed by atoms with Crippen molar-refractivity contribution in [1.82, 2.24) is 9.78 Å². The minimum atomic E-state index is -0.424. The van der Waals surface area contributed by atoms with Gasteiger partial charge in [0.2, 0.25) is 0 Å². The molecule has 0 aliphatic carbocycles. The predicted molar refractivity (Wildman–Crippen MR) is 68.3 cm³/mol. The van der Waals surface area contributed by atoms with E-state index in [1.54, 1.807) is 36.7 Å². The van der Waals surface area contributed by atoms with E-state index in [1.165, 1.54) is 10.7 Å². The second-order valence-electron chi connectivity index (χ2n) is 3.60. The third kappa shape index (κ3) is 2.44. The number of rotatable bonds is 4. The number of benzene rings is 1. The molecule has 1 aromatic heterocycles. The first kappa shape index (κ1) is 12.0. The molecule has 0 saturated carbocycles. The van der Waals surface area contributed by atoms with Gasteiger partial charge in [-0.3, -0.25) is 10.1 Å². The Labute approximate surface area is 103 Å². The minimum absolute atomic E-state index is 0.0231. The number of nitro groups is 1. The molecule has 0 bridgehead atoms. The first-order valence-electron chi connectivity index (χ1n) is 5.37. The molecule has 1 aromatic carbocycles. The summed E-state index contributed by atoms with van der Waals surface area (Å²) in [5.41, 5.74) is 6.66. The van der Waals surface area contributed by atoms with Crippen molar-refractivity contribution < 1.29 is 4.92 Å². The molecular formula is C12H12N4O2. The molecule has 0 aliphatic heterocycles. The fourth-order valence-corrected chi connectivity index (χ4v) is 1.57. The monoisotopic (exact) mass is 244 g/mol. The van der Waals surface area contributed by atoms with Gasteiger partial charge in [0.15, 0.2) is 0 Å². The lowest BCUT2D eigenvalue weighted by molar-refractivity contribution is -0.384. The number of hydrogen-bond acceptors (Lipinski definition) is 4. The lowest BCUT2D eigenvalue weighted by atomic mass is 10.2. The summed E-state index contributed by atoms with van der Waals surface area (Å²) in [6.45, 7) is 0.441. The summed E-state index contributed by atoms with van der Waals surface area (Å²) < 4.78 is 1.48. The van der Waals surface area contributed by atoms with Crippen molar-refractivity contribution in [1.29, 1.82) is 0 Å². The molecule has 0 radical (unpaired) electrons. The van der Waals surface area contributed by atoms with Gasteiger partial charge in [0.05, 0.1) is 11.1 Å². The van der Waals surface area contributed by atoms with Crippen LogP contribution in [0.25, 0.3) is 11.8 Å². The maximum absolute atomic E-state index is 10.9. The lowest BCUT2D eigenvalue weighted by Crippen LogP contribution is -1.99. The van der Waals surface area contributed by atoms with Gasteiger partial charge in [-0.15, -0.1) is 0 Å². The van der Waals surface area contributed by atoms with Gasteiger partial charge in [-0.05, 0) is 6.07 Å². The van der Waals surface area contributed by atoms with E-state index >= 15 is 0 Å². The predicted octanol–water partition coefficient (Wildman–Crippen LogP) is 1.75. The molecule has 18 heavy (non-hydrogen) atoms. The molecule has 2 N–H and O–H groups in total. The van der Waals surface area contributed by atoms with Crippen LogP contribution in [-0.2, 0) is 0 Å². The molecule has 2 aromatic rings. The Bertz CT molecular complexity index is 589. The molecule has 1 heterocycles. The van der Waals surface area contributed by atoms with Gasteiger partial charge in [-0.25, -0.2) is 4.68 Å². The summed E-state index contributed by atoms with van der Waals surface area (Å²) in [5, 5.41) is 15.0. The van der Waals surface area contributed by atoms with E-state index in [0.29, 0.717) is 12.2 Å². The number of aromatic nitrogens is 2. The maximum Gasteiger partial charge on any atom is 0.294 e. The van der Waals surface area contributed by atoms with E-state index in [2.05, 4.69) is 5.10 Å². The molecular weight excluding hydrogens is 232 g/mol. The van der Waals surface area contributed by atoms with Gasteiger partial charge < -0.3 is 5.73 Å². The standard InChI is InChI=1S/C12H12N4O2/c13-7-3-4-10-8-14-15(9-10)11-5-1-2-6-12(11)16(17)18/h1-6,8-9H,7,13H2. The Morgan fingerprint density at radius 1 is 1.44 bits per heavy atom. The van der Waals surface area contributed by atoms with E-state index in [4.69, 9.17) is 5.73 Å². The highest BCUT2D eigenvalue weighted by Crippen LogP contribution is 2.21. The third-order valence-electron chi connectivity index (χ3n) is 2.37. The minimum Gasteiger partial charge on any atom is -0.327 e. The molecule has 0 amide bonds. The van der Waals surface area contributed by atoms with Crippen molar-refractivity contribution in [2.24, 2.45) is 5.73 Å². The number of nitrogens with two attached hydrogens (primary N) is 1. The maximum atomic E-state index is 10.9. The fourth-order valence-electron chi connectivity index (χ4n) is 1.57. The average Bonchev–Trinajstić information content (AvgIpc) is 2.85. The number of nitro benzene ring substituents is 1. The van der Waals surface area contributed by atoms with Gasteiger partial charge in [-0.2, -0.15) is 5.10 Å². The summed E-state index contributed by atoms with van der Waals surface area (Å²) in [4.78, 5) is 10.5. The SMILES string of the molecule is NCC=Cc1cnn(-c2ccccc2[N+](=O)[O-])c1. The number of nitrogens with zero attached hydrogens (tertiary/aromatic N) is 3. The van der Waals surface area contributed by atoms with Crippen LogP contribution in [0.2, 0.25) is 0 Å². The Morgan fingerprint density at radius 3 is 2.94 bits per heavy atom. The van der Waals surface area contributed by atoms with E-state index in [-0.39, 0.29) is 5.69 Å². The highest BCUT2D eigenvalue weighted by Gasteiger charge is 2.14. The van der Waals surface area contributed by atoms with E-state index in [9.17, 15) is 10.1 Å². The van der Waals surface area contributed by atoms with Crippen molar-refractivity contribution in [3.8, 4) is 5.69 Å². The summed E-state index contributed by atoms with van der Waals surface area (Å²) in [6, 6.07) is 6.47. The lowest BCUT2D eigenvalue weighted by Gasteiger charge is -2.01. The van der Waals surface area contributed by atoms with Crippen LogP contribution in [0.5, 0.6) is 0 Å². The van der Waals surface area contributed by atoms with Crippen LogP contribution < -0.4 is 5.73 Å². The van der Waals surface area contributed by atoms with Crippen molar-refractivity contribution in [3.05, 3.63) is 58.4 Å². The first-order valence-corrected chi connectivity index (χ1v) is 5.37. The van der Waals surface area contributed by atoms with Crippen LogP contribution in [0.3, 0.4) is 0 Å². The van der Waals surface area contributed by atoms with E-state index < -0.39 is 4.92 Å². The Balaban J connectivity index is 2.40. The number of para-hydroxylation sites is 2. The quantitative estimate of drug-likeness (QED) is 0.655. The molecule has 2 rings (SSSR count). The van der Waals surface area contributed by atoms with Gasteiger partial charge in [0.25, 0.3) is 5.69 Å². The van der Waals surface area contributed by atoms with Gasteiger partial charge >= 0.3 is 0 Å². The molecule has 0 atom stereocenters. The summed E-state index contributed by atoms with van der Waals surface area (Å²) in [7, 11) is 0. The molecule has 92 valence electrons. The summed E-state index contributed by atoms with van der Waals surface area (Å²) >= 11 is 0. The second kappa shape index (κ2) is 5.24. The Morgan fingerprint density at radius 2 is 2.22 bits per heavy atom. The van der Waals surface area contributed by atoms with Crippen LogP contribution in [0.1, 0.15) is 5.56 Å². The highest BCUT2D eigenvalue weighted by molar-refractivity contribution is 5.54. The smallest absolute Gasteiger partial charge is 0.294 e. The molecule has 0 spiro atoms. The number of hydrogen-bond donors (Lipinski definition) is 1. The zero-order valence-electron chi connectivity index (χ0n) is 9.56. The molecule has 0 fully saturated rings. The van der Waals surface area contributed by atoms with E-state index in [1.807, 2.05) is 6.08 Å². The zero-order valence-corrected chi connectivity index (χ0v) is 9.56.